The smallest absolute Gasteiger partial charge is 0.243 e. The lowest BCUT2D eigenvalue weighted by Gasteiger charge is -2.33. The van der Waals surface area contributed by atoms with Crippen molar-refractivity contribution < 1.29 is 17.9 Å². The first kappa shape index (κ1) is 19.2. The number of piperidine rings is 1. The highest BCUT2D eigenvalue weighted by Gasteiger charge is 2.35. The zero-order chi connectivity index (χ0) is 18.7. The van der Waals surface area contributed by atoms with Gasteiger partial charge in [0.25, 0.3) is 0 Å². The summed E-state index contributed by atoms with van der Waals surface area (Å²) in [4.78, 5) is 14.8. The van der Waals surface area contributed by atoms with E-state index < -0.39 is 10.0 Å². The van der Waals surface area contributed by atoms with Gasteiger partial charge in [-0.05, 0) is 63.3 Å². The number of aryl methyl sites for hydroxylation is 1. The molecule has 1 amide bonds. The van der Waals surface area contributed by atoms with Crippen molar-refractivity contribution in [2.45, 2.75) is 44.4 Å². The molecule has 2 aliphatic rings. The van der Waals surface area contributed by atoms with Crippen LogP contribution in [0, 0.1) is 12.8 Å². The normalized spacial score (nSPS) is 21.8. The number of amides is 1. The molecule has 0 saturated carbocycles. The monoisotopic (exact) mass is 380 g/mol. The van der Waals surface area contributed by atoms with Gasteiger partial charge < -0.3 is 9.64 Å². The number of carbonyl (C=O) groups is 1. The molecule has 7 heteroatoms. The highest BCUT2D eigenvalue weighted by molar-refractivity contribution is 7.89. The van der Waals surface area contributed by atoms with Gasteiger partial charge in [0.1, 0.15) is 5.75 Å². The maximum Gasteiger partial charge on any atom is 0.243 e. The number of hydrogen-bond acceptors (Lipinski definition) is 4. The van der Waals surface area contributed by atoms with Gasteiger partial charge in [-0.25, -0.2) is 8.42 Å². The zero-order valence-electron chi connectivity index (χ0n) is 15.6. The summed E-state index contributed by atoms with van der Waals surface area (Å²) < 4.78 is 33.1. The number of rotatable bonds is 5. The Balaban J connectivity index is 1.76. The molecule has 144 valence electrons. The second-order valence-corrected chi connectivity index (χ2v) is 9.03. The Labute approximate surface area is 156 Å². The van der Waals surface area contributed by atoms with Crippen LogP contribution >= 0.6 is 0 Å². The van der Waals surface area contributed by atoms with Crippen LogP contribution in [0.4, 0.5) is 0 Å². The van der Waals surface area contributed by atoms with Gasteiger partial charge >= 0.3 is 0 Å². The lowest BCUT2D eigenvalue weighted by atomic mass is 9.98. The number of benzene rings is 1. The van der Waals surface area contributed by atoms with E-state index in [0.29, 0.717) is 18.9 Å². The van der Waals surface area contributed by atoms with Crippen LogP contribution in [0.15, 0.2) is 23.1 Å². The van der Waals surface area contributed by atoms with Gasteiger partial charge in [-0.15, -0.1) is 0 Å². The van der Waals surface area contributed by atoms with Crippen LogP contribution in [0.3, 0.4) is 0 Å². The van der Waals surface area contributed by atoms with Crippen molar-refractivity contribution in [3.63, 3.8) is 0 Å². The van der Waals surface area contributed by atoms with Crippen LogP contribution in [0.1, 0.15) is 38.2 Å². The Morgan fingerprint density at radius 3 is 2.58 bits per heavy atom. The van der Waals surface area contributed by atoms with E-state index in [0.717, 1.165) is 44.3 Å². The minimum Gasteiger partial charge on any atom is -0.494 e. The third-order valence-electron chi connectivity index (χ3n) is 5.24. The SMILES string of the molecule is CCOc1ccc(S(=O)(=O)N2CCC[C@@H](C(=O)N3CCCC3)C2)cc1C. The van der Waals surface area contributed by atoms with E-state index in [9.17, 15) is 13.2 Å². The molecule has 0 bridgehead atoms. The zero-order valence-corrected chi connectivity index (χ0v) is 16.4. The van der Waals surface area contributed by atoms with Crippen molar-refractivity contribution in [3.8, 4) is 5.75 Å². The molecule has 0 aromatic heterocycles. The summed E-state index contributed by atoms with van der Waals surface area (Å²) in [5.74, 6) is 0.595. The fourth-order valence-electron chi connectivity index (χ4n) is 3.81. The molecule has 0 unspecified atom stereocenters. The van der Waals surface area contributed by atoms with Gasteiger partial charge in [0, 0.05) is 26.2 Å². The minimum atomic E-state index is -3.60. The van der Waals surface area contributed by atoms with Crippen LogP contribution in [0.2, 0.25) is 0 Å². The fraction of sp³-hybridized carbons (Fsp3) is 0.632. The van der Waals surface area contributed by atoms with Crippen molar-refractivity contribution in [3.05, 3.63) is 23.8 Å². The first-order chi connectivity index (χ1) is 12.4. The molecule has 1 aromatic carbocycles. The first-order valence-electron chi connectivity index (χ1n) is 9.46. The van der Waals surface area contributed by atoms with Crippen LogP contribution in [0.5, 0.6) is 5.75 Å². The van der Waals surface area contributed by atoms with E-state index in [1.807, 2.05) is 18.7 Å². The number of carbonyl (C=O) groups excluding carboxylic acids is 1. The molecule has 3 rings (SSSR count). The van der Waals surface area contributed by atoms with E-state index in [1.54, 1.807) is 18.2 Å². The highest BCUT2D eigenvalue weighted by Crippen LogP contribution is 2.28. The second kappa shape index (κ2) is 7.96. The lowest BCUT2D eigenvalue weighted by Crippen LogP contribution is -2.46. The summed E-state index contributed by atoms with van der Waals surface area (Å²) in [6.07, 6.45) is 3.58. The molecule has 2 fully saturated rings. The van der Waals surface area contributed by atoms with Gasteiger partial charge in [-0.1, -0.05) is 0 Å². The van der Waals surface area contributed by atoms with Crippen molar-refractivity contribution in [2.75, 3.05) is 32.8 Å². The molecule has 0 aliphatic carbocycles. The van der Waals surface area contributed by atoms with Crippen LogP contribution in [-0.2, 0) is 14.8 Å². The molecule has 1 aromatic rings. The third-order valence-corrected chi connectivity index (χ3v) is 7.10. The summed E-state index contributed by atoms with van der Waals surface area (Å²) in [5, 5.41) is 0. The average Bonchev–Trinajstić information content (AvgIpc) is 3.17. The molecule has 26 heavy (non-hydrogen) atoms. The third kappa shape index (κ3) is 3.88. The molecule has 6 nitrogen and oxygen atoms in total. The summed E-state index contributed by atoms with van der Waals surface area (Å²) in [5.41, 5.74) is 0.801. The lowest BCUT2D eigenvalue weighted by molar-refractivity contribution is -0.135. The molecule has 0 radical (unpaired) electrons. The van der Waals surface area contributed by atoms with E-state index in [1.165, 1.54) is 4.31 Å². The number of hydrogen-bond donors (Lipinski definition) is 0. The van der Waals surface area contributed by atoms with Crippen molar-refractivity contribution in [1.82, 2.24) is 9.21 Å². The molecule has 0 spiro atoms. The molecular formula is C19H28N2O4S. The van der Waals surface area contributed by atoms with E-state index in [4.69, 9.17) is 4.74 Å². The highest BCUT2D eigenvalue weighted by atomic mass is 32.2. The molecule has 1 atom stereocenters. The quantitative estimate of drug-likeness (QED) is 0.787. The van der Waals surface area contributed by atoms with Crippen molar-refractivity contribution in [2.24, 2.45) is 5.92 Å². The van der Waals surface area contributed by atoms with E-state index in [2.05, 4.69) is 0 Å². The number of nitrogens with zero attached hydrogens (tertiary/aromatic N) is 2. The molecule has 2 aliphatic heterocycles. The minimum absolute atomic E-state index is 0.116. The summed E-state index contributed by atoms with van der Waals surface area (Å²) in [7, 11) is -3.60. The summed E-state index contributed by atoms with van der Waals surface area (Å²) >= 11 is 0. The van der Waals surface area contributed by atoms with Gasteiger partial charge in [-0.2, -0.15) is 4.31 Å². The molecule has 2 heterocycles. The van der Waals surface area contributed by atoms with Gasteiger partial charge in [0.15, 0.2) is 0 Å². The number of sulfonamides is 1. The van der Waals surface area contributed by atoms with Gasteiger partial charge in [0.2, 0.25) is 15.9 Å². The maximum absolute atomic E-state index is 13.1. The molecule has 2 saturated heterocycles. The van der Waals surface area contributed by atoms with Crippen LogP contribution in [0.25, 0.3) is 0 Å². The predicted octanol–water partition coefficient (Wildman–Crippen LogP) is 2.42. The Morgan fingerprint density at radius 2 is 1.92 bits per heavy atom. The fourth-order valence-corrected chi connectivity index (χ4v) is 5.42. The van der Waals surface area contributed by atoms with Crippen LogP contribution < -0.4 is 4.74 Å². The summed E-state index contributed by atoms with van der Waals surface area (Å²) in [6, 6.07) is 4.97. The Morgan fingerprint density at radius 1 is 1.19 bits per heavy atom. The Bertz CT molecular complexity index is 757. The number of likely N-dealkylation sites (tertiary alicyclic amines) is 1. The van der Waals surface area contributed by atoms with Gasteiger partial charge in [-0.3, -0.25) is 4.79 Å². The topological polar surface area (TPSA) is 66.9 Å². The molecular weight excluding hydrogens is 352 g/mol. The van der Waals surface area contributed by atoms with E-state index >= 15 is 0 Å². The largest absolute Gasteiger partial charge is 0.494 e. The predicted molar refractivity (Wildman–Crippen MR) is 99.6 cm³/mol. The standard InChI is InChI=1S/C19H28N2O4S/c1-3-25-18-9-8-17(13-15(18)2)26(23,24)21-12-6-7-16(14-21)19(22)20-10-4-5-11-20/h8-9,13,16H,3-7,10-12,14H2,1-2H3/t16-/m1/s1. The average molecular weight is 381 g/mol. The maximum atomic E-state index is 13.1. The van der Waals surface area contributed by atoms with Crippen molar-refractivity contribution in [1.29, 1.82) is 0 Å². The Hall–Kier alpha value is -1.60. The van der Waals surface area contributed by atoms with E-state index in [-0.39, 0.29) is 23.3 Å². The van der Waals surface area contributed by atoms with Crippen LogP contribution in [-0.4, -0.2) is 56.3 Å². The van der Waals surface area contributed by atoms with Crippen molar-refractivity contribution >= 4 is 15.9 Å². The number of ether oxygens (including phenoxy) is 1. The summed E-state index contributed by atoms with van der Waals surface area (Å²) in [6.45, 7) is 6.65. The van der Waals surface area contributed by atoms with Gasteiger partial charge in [0.05, 0.1) is 17.4 Å². The second-order valence-electron chi connectivity index (χ2n) is 7.09. The Kier molecular flexibility index (Phi) is 5.87. The molecule has 0 N–H and O–H groups in total. The first-order valence-corrected chi connectivity index (χ1v) is 10.9.